The van der Waals surface area contributed by atoms with Gasteiger partial charge in [-0.25, -0.2) is 4.98 Å². The molecule has 100 valence electrons. The third-order valence-electron chi connectivity index (χ3n) is 3.04. The number of anilines is 2. The minimum atomic E-state index is -0.507. The highest BCUT2D eigenvalue weighted by Gasteiger charge is 2.11. The van der Waals surface area contributed by atoms with Gasteiger partial charge in [0, 0.05) is 13.2 Å². The maximum absolute atomic E-state index is 9.63. The van der Waals surface area contributed by atoms with Crippen LogP contribution in [-0.4, -0.2) is 24.2 Å². The summed E-state index contributed by atoms with van der Waals surface area (Å²) < 4.78 is 5.35. The fourth-order valence-electron chi connectivity index (χ4n) is 1.91. The Bertz CT molecular complexity index is 555. The Morgan fingerprint density at radius 1 is 1.26 bits per heavy atom. The van der Waals surface area contributed by atoms with E-state index < -0.39 is 6.10 Å². The molecule has 1 atom stereocenters. The van der Waals surface area contributed by atoms with E-state index in [1.807, 2.05) is 48.3 Å². The lowest BCUT2D eigenvalue weighted by Gasteiger charge is -2.21. The summed E-state index contributed by atoms with van der Waals surface area (Å²) in [5.74, 6) is 1.55. The molecule has 1 N–H and O–H groups in total. The van der Waals surface area contributed by atoms with Crippen molar-refractivity contribution in [3.8, 4) is 5.75 Å². The Balaban J connectivity index is 2.38. The average Bonchev–Trinajstić information content (AvgIpc) is 2.46. The maximum Gasteiger partial charge on any atom is 0.142 e. The van der Waals surface area contributed by atoms with Crippen molar-refractivity contribution in [1.82, 2.24) is 4.98 Å². The summed E-state index contributed by atoms with van der Waals surface area (Å²) in [6, 6.07) is 11.4. The van der Waals surface area contributed by atoms with Gasteiger partial charge < -0.3 is 14.7 Å². The molecule has 0 aliphatic carbocycles. The number of benzene rings is 1. The molecule has 0 bridgehead atoms. The van der Waals surface area contributed by atoms with Crippen molar-refractivity contribution in [2.45, 2.75) is 13.0 Å². The minimum absolute atomic E-state index is 0.507. The molecule has 0 spiro atoms. The van der Waals surface area contributed by atoms with Crippen LogP contribution < -0.4 is 9.64 Å². The van der Waals surface area contributed by atoms with Crippen molar-refractivity contribution in [2.24, 2.45) is 0 Å². The smallest absolute Gasteiger partial charge is 0.142 e. The van der Waals surface area contributed by atoms with Crippen LogP contribution in [-0.2, 0) is 0 Å². The predicted octanol–water partition coefficient (Wildman–Crippen LogP) is 2.91. The highest BCUT2D eigenvalue weighted by molar-refractivity contribution is 5.66. The lowest BCUT2D eigenvalue weighted by molar-refractivity contribution is 0.199. The highest BCUT2D eigenvalue weighted by atomic mass is 16.5. The summed E-state index contributed by atoms with van der Waals surface area (Å²) in [6.45, 7) is 1.74. The van der Waals surface area contributed by atoms with E-state index in [1.165, 1.54) is 0 Å². The summed E-state index contributed by atoms with van der Waals surface area (Å²) >= 11 is 0. The van der Waals surface area contributed by atoms with Gasteiger partial charge in [0.1, 0.15) is 11.6 Å². The largest absolute Gasteiger partial charge is 0.495 e. The second-order valence-electron chi connectivity index (χ2n) is 4.35. The van der Waals surface area contributed by atoms with Gasteiger partial charge in [-0.1, -0.05) is 12.1 Å². The number of aliphatic hydroxyl groups excluding tert-OH is 1. The van der Waals surface area contributed by atoms with Gasteiger partial charge >= 0.3 is 0 Å². The van der Waals surface area contributed by atoms with Crippen molar-refractivity contribution >= 4 is 11.5 Å². The van der Waals surface area contributed by atoms with Crippen LogP contribution in [0.15, 0.2) is 42.6 Å². The SMILES string of the molecule is COc1ccccc1N(C)c1cc([C@H](C)O)ccn1. The van der Waals surface area contributed by atoms with Crippen LogP contribution in [0.25, 0.3) is 0 Å². The Labute approximate surface area is 113 Å². The zero-order valence-corrected chi connectivity index (χ0v) is 11.4. The molecule has 2 rings (SSSR count). The number of aromatic nitrogens is 1. The van der Waals surface area contributed by atoms with E-state index in [0.29, 0.717) is 0 Å². The van der Waals surface area contributed by atoms with Gasteiger partial charge in [-0.15, -0.1) is 0 Å². The fraction of sp³-hybridized carbons (Fsp3) is 0.267. The zero-order chi connectivity index (χ0) is 13.8. The van der Waals surface area contributed by atoms with Crippen LogP contribution in [0.5, 0.6) is 5.75 Å². The molecular formula is C15H18N2O2. The maximum atomic E-state index is 9.63. The van der Waals surface area contributed by atoms with Crippen LogP contribution in [0.3, 0.4) is 0 Å². The quantitative estimate of drug-likeness (QED) is 0.916. The van der Waals surface area contributed by atoms with E-state index in [9.17, 15) is 5.11 Å². The zero-order valence-electron chi connectivity index (χ0n) is 11.4. The number of ether oxygens (including phenoxy) is 1. The van der Waals surface area contributed by atoms with Crippen LogP contribution >= 0.6 is 0 Å². The Morgan fingerprint density at radius 2 is 2.00 bits per heavy atom. The molecule has 0 aliphatic rings. The first-order valence-electron chi connectivity index (χ1n) is 6.14. The standard InChI is InChI=1S/C15H18N2O2/c1-11(18)12-8-9-16-15(10-12)17(2)13-6-4-5-7-14(13)19-3/h4-11,18H,1-3H3/t11-/m0/s1. The number of nitrogens with zero attached hydrogens (tertiary/aromatic N) is 2. The molecule has 1 heterocycles. The van der Waals surface area contributed by atoms with Crippen LogP contribution in [0.2, 0.25) is 0 Å². The summed E-state index contributed by atoms with van der Waals surface area (Å²) in [4.78, 5) is 6.27. The van der Waals surface area contributed by atoms with Crippen molar-refractivity contribution in [2.75, 3.05) is 19.1 Å². The second-order valence-corrected chi connectivity index (χ2v) is 4.35. The molecule has 4 nitrogen and oxygen atoms in total. The van der Waals surface area contributed by atoms with Gasteiger partial charge in [0.2, 0.25) is 0 Å². The molecule has 1 aromatic heterocycles. The molecular weight excluding hydrogens is 240 g/mol. The first-order valence-corrected chi connectivity index (χ1v) is 6.14. The first kappa shape index (κ1) is 13.4. The monoisotopic (exact) mass is 258 g/mol. The molecule has 0 saturated carbocycles. The van der Waals surface area contributed by atoms with Crippen LogP contribution in [0, 0.1) is 0 Å². The minimum Gasteiger partial charge on any atom is -0.495 e. The highest BCUT2D eigenvalue weighted by Crippen LogP contribution is 2.31. The molecule has 0 fully saturated rings. The topological polar surface area (TPSA) is 45.6 Å². The third kappa shape index (κ3) is 2.85. The number of para-hydroxylation sites is 2. The van der Waals surface area contributed by atoms with E-state index in [1.54, 1.807) is 20.2 Å². The van der Waals surface area contributed by atoms with Gasteiger partial charge in [-0.2, -0.15) is 0 Å². The van der Waals surface area contributed by atoms with Crippen molar-refractivity contribution in [3.05, 3.63) is 48.2 Å². The summed E-state index contributed by atoms with van der Waals surface area (Å²) in [6.07, 6.45) is 1.19. The number of methoxy groups -OCH3 is 1. The number of hydrogen-bond acceptors (Lipinski definition) is 4. The molecule has 0 unspecified atom stereocenters. The molecule has 0 saturated heterocycles. The normalized spacial score (nSPS) is 12.0. The van der Waals surface area contributed by atoms with E-state index >= 15 is 0 Å². The Hall–Kier alpha value is -2.07. The van der Waals surface area contributed by atoms with Gasteiger partial charge in [0.05, 0.1) is 18.9 Å². The summed E-state index contributed by atoms with van der Waals surface area (Å²) in [7, 11) is 3.57. The number of rotatable bonds is 4. The lowest BCUT2D eigenvalue weighted by Crippen LogP contribution is -2.12. The molecule has 1 aromatic carbocycles. The molecule has 0 aliphatic heterocycles. The molecule has 4 heteroatoms. The van der Waals surface area contributed by atoms with E-state index in [-0.39, 0.29) is 0 Å². The van der Waals surface area contributed by atoms with Gasteiger partial charge in [0.15, 0.2) is 0 Å². The van der Waals surface area contributed by atoms with Gasteiger partial charge in [-0.05, 0) is 36.8 Å². The molecule has 2 aromatic rings. The molecule has 19 heavy (non-hydrogen) atoms. The lowest BCUT2D eigenvalue weighted by atomic mass is 10.1. The first-order chi connectivity index (χ1) is 9.13. The molecule has 0 amide bonds. The van der Waals surface area contributed by atoms with E-state index in [2.05, 4.69) is 4.98 Å². The summed E-state index contributed by atoms with van der Waals surface area (Å²) in [5.41, 5.74) is 1.77. The van der Waals surface area contributed by atoms with Gasteiger partial charge in [-0.3, -0.25) is 0 Å². The fourth-order valence-corrected chi connectivity index (χ4v) is 1.91. The van der Waals surface area contributed by atoms with Crippen molar-refractivity contribution in [3.63, 3.8) is 0 Å². The molecule has 0 radical (unpaired) electrons. The van der Waals surface area contributed by atoms with Crippen LogP contribution in [0.4, 0.5) is 11.5 Å². The number of pyridine rings is 1. The van der Waals surface area contributed by atoms with Gasteiger partial charge in [0.25, 0.3) is 0 Å². The van der Waals surface area contributed by atoms with E-state index in [0.717, 1.165) is 22.8 Å². The Morgan fingerprint density at radius 3 is 2.68 bits per heavy atom. The van der Waals surface area contributed by atoms with E-state index in [4.69, 9.17) is 4.74 Å². The van der Waals surface area contributed by atoms with Crippen LogP contribution in [0.1, 0.15) is 18.6 Å². The second kappa shape index (κ2) is 5.71. The number of aliphatic hydroxyl groups is 1. The Kier molecular flexibility index (Phi) is 4.02. The number of hydrogen-bond donors (Lipinski definition) is 1. The average molecular weight is 258 g/mol. The third-order valence-corrected chi connectivity index (χ3v) is 3.04. The van der Waals surface area contributed by atoms with Crippen molar-refractivity contribution < 1.29 is 9.84 Å². The predicted molar refractivity (Wildman–Crippen MR) is 75.9 cm³/mol. The van der Waals surface area contributed by atoms with Crippen molar-refractivity contribution in [1.29, 1.82) is 0 Å². The summed E-state index contributed by atoms with van der Waals surface area (Å²) in [5, 5.41) is 9.63.